The molecule has 1 amide bonds. The third-order valence-corrected chi connectivity index (χ3v) is 2.52. The molecule has 2 atom stereocenters. The molecule has 1 aliphatic heterocycles. The second kappa shape index (κ2) is 3.74. The average Bonchev–Trinajstić information content (AvgIpc) is 2.70. The molecule has 1 fully saturated rings. The molecule has 14 heavy (non-hydrogen) atoms. The standard InChI is InChI=1S/C10H13NO3/c1-2-7-6-11-10(12)14-9(7)8-4-3-5-13-8/h3-5,7,9H,2,6H2,1H3,(H,11,12). The van der Waals surface area contributed by atoms with Crippen LogP contribution < -0.4 is 5.32 Å². The fourth-order valence-corrected chi connectivity index (χ4v) is 1.68. The Hall–Kier alpha value is -1.45. The summed E-state index contributed by atoms with van der Waals surface area (Å²) in [5, 5.41) is 2.67. The van der Waals surface area contributed by atoms with Gasteiger partial charge in [-0.1, -0.05) is 6.92 Å². The van der Waals surface area contributed by atoms with Crippen molar-refractivity contribution >= 4 is 6.09 Å². The fraction of sp³-hybridized carbons (Fsp3) is 0.500. The molecular formula is C10H13NO3. The molecule has 2 rings (SSSR count). The molecule has 0 saturated carbocycles. The van der Waals surface area contributed by atoms with Crippen LogP contribution >= 0.6 is 0 Å². The molecule has 0 radical (unpaired) electrons. The highest BCUT2D eigenvalue weighted by atomic mass is 16.6. The van der Waals surface area contributed by atoms with Gasteiger partial charge in [0.1, 0.15) is 5.76 Å². The van der Waals surface area contributed by atoms with E-state index in [4.69, 9.17) is 9.15 Å². The van der Waals surface area contributed by atoms with E-state index >= 15 is 0 Å². The maximum Gasteiger partial charge on any atom is 0.407 e. The SMILES string of the molecule is CCC1CNC(=O)OC1c1ccco1. The van der Waals surface area contributed by atoms with Gasteiger partial charge < -0.3 is 14.5 Å². The van der Waals surface area contributed by atoms with Crippen LogP contribution in [0.4, 0.5) is 4.79 Å². The second-order valence-corrected chi connectivity index (χ2v) is 3.39. The van der Waals surface area contributed by atoms with Crippen LogP contribution in [-0.4, -0.2) is 12.6 Å². The quantitative estimate of drug-likeness (QED) is 0.786. The predicted molar refractivity (Wildman–Crippen MR) is 49.7 cm³/mol. The van der Waals surface area contributed by atoms with Gasteiger partial charge in [0.05, 0.1) is 6.26 Å². The molecule has 1 N–H and O–H groups in total. The summed E-state index contributed by atoms with van der Waals surface area (Å²) in [6.07, 6.45) is 1.95. The van der Waals surface area contributed by atoms with Crippen molar-refractivity contribution in [3.63, 3.8) is 0 Å². The number of hydrogen-bond donors (Lipinski definition) is 1. The van der Waals surface area contributed by atoms with E-state index in [0.717, 1.165) is 12.2 Å². The smallest absolute Gasteiger partial charge is 0.407 e. The summed E-state index contributed by atoms with van der Waals surface area (Å²) in [5.41, 5.74) is 0. The van der Waals surface area contributed by atoms with Gasteiger partial charge in [0.25, 0.3) is 0 Å². The van der Waals surface area contributed by atoms with Crippen LogP contribution in [0.3, 0.4) is 0 Å². The molecule has 4 nitrogen and oxygen atoms in total. The first kappa shape index (κ1) is 9.12. The zero-order valence-corrected chi connectivity index (χ0v) is 8.03. The highest BCUT2D eigenvalue weighted by Crippen LogP contribution is 2.30. The first-order valence-corrected chi connectivity index (χ1v) is 4.79. The Labute approximate surface area is 82.2 Å². The summed E-state index contributed by atoms with van der Waals surface area (Å²) in [5.74, 6) is 1.02. The van der Waals surface area contributed by atoms with Crippen molar-refractivity contribution in [3.8, 4) is 0 Å². The first-order valence-electron chi connectivity index (χ1n) is 4.79. The summed E-state index contributed by atoms with van der Waals surface area (Å²) >= 11 is 0. The van der Waals surface area contributed by atoms with Gasteiger partial charge >= 0.3 is 6.09 Å². The fourth-order valence-electron chi connectivity index (χ4n) is 1.68. The average molecular weight is 195 g/mol. The van der Waals surface area contributed by atoms with Crippen LogP contribution in [0.2, 0.25) is 0 Å². The molecular weight excluding hydrogens is 182 g/mol. The van der Waals surface area contributed by atoms with Crippen LogP contribution in [0.1, 0.15) is 25.2 Å². The Morgan fingerprint density at radius 2 is 2.50 bits per heavy atom. The van der Waals surface area contributed by atoms with Crippen molar-refractivity contribution in [2.75, 3.05) is 6.54 Å². The van der Waals surface area contributed by atoms with Gasteiger partial charge in [-0.3, -0.25) is 0 Å². The van der Waals surface area contributed by atoms with E-state index in [-0.39, 0.29) is 12.2 Å². The Morgan fingerprint density at radius 3 is 3.14 bits per heavy atom. The molecule has 0 bridgehead atoms. The van der Waals surface area contributed by atoms with Crippen LogP contribution in [-0.2, 0) is 4.74 Å². The third kappa shape index (κ3) is 1.60. The topological polar surface area (TPSA) is 51.5 Å². The molecule has 2 unspecified atom stereocenters. The highest BCUT2D eigenvalue weighted by molar-refractivity contribution is 5.68. The minimum absolute atomic E-state index is 0.233. The summed E-state index contributed by atoms with van der Waals surface area (Å²) in [7, 11) is 0. The predicted octanol–water partition coefficient (Wildman–Crippen LogP) is 2.09. The molecule has 0 spiro atoms. The molecule has 1 aromatic heterocycles. The van der Waals surface area contributed by atoms with Crippen molar-refractivity contribution in [1.29, 1.82) is 0 Å². The number of carbonyl (C=O) groups excluding carboxylic acids is 1. The van der Waals surface area contributed by atoms with Crippen LogP contribution in [0.15, 0.2) is 22.8 Å². The van der Waals surface area contributed by atoms with E-state index in [9.17, 15) is 4.79 Å². The zero-order valence-electron chi connectivity index (χ0n) is 8.03. The molecule has 1 aliphatic rings. The number of rotatable bonds is 2. The van der Waals surface area contributed by atoms with Crippen molar-refractivity contribution in [2.24, 2.45) is 5.92 Å². The summed E-state index contributed by atoms with van der Waals surface area (Å²) in [4.78, 5) is 11.1. The number of furan rings is 1. The van der Waals surface area contributed by atoms with Gasteiger partial charge in [0.2, 0.25) is 0 Å². The van der Waals surface area contributed by atoms with Gasteiger partial charge in [-0.15, -0.1) is 0 Å². The van der Waals surface area contributed by atoms with E-state index in [1.807, 2.05) is 6.07 Å². The molecule has 0 aliphatic carbocycles. The summed E-state index contributed by atoms with van der Waals surface area (Å²) < 4.78 is 10.4. The Morgan fingerprint density at radius 1 is 1.64 bits per heavy atom. The van der Waals surface area contributed by atoms with Gasteiger partial charge in [-0.05, 0) is 18.6 Å². The van der Waals surface area contributed by atoms with E-state index in [0.29, 0.717) is 12.5 Å². The maximum absolute atomic E-state index is 11.1. The second-order valence-electron chi connectivity index (χ2n) is 3.39. The monoisotopic (exact) mass is 195 g/mol. The lowest BCUT2D eigenvalue weighted by Crippen LogP contribution is -2.40. The first-order chi connectivity index (χ1) is 6.81. The minimum atomic E-state index is -0.365. The number of nitrogens with one attached hydrogen (secondary N) is 1. The van der Waals surface area contributed by atoms with E-state index in [2.05, 4.69) is 12.2 Å². The van der Waals surface area contributed by atoms with Crippen molar-refractivity contribution in [3.05, 3.63) is 24.2 Å². The molecule has 1 saturated heterocycles. The van der Waals surface area contributed by atoms with Crippen molar-refractivity contribution < 1.29 is 13.9 Å². The largest absolute Gasteiger partial charge is 0.465 e. The normalized spacial score (nSPS) is 26.8. The lowest BCUT2D eigenvalue weighted by Gasteiger charge is -2.29. The molecule has 1 aromatic rings. The van der Waals surface area contributed by atoms with Crippen LogP contribution in [0.5, 0.6) is 0 Å². The number of amides is 1. The highest BCUT2D eigenvalue weighted by Gasteiger charge is 2.32. The van der Waals surface area contributed by atoms with Crippen molar-refractivity contribution in [2.45, 2.75) is 19.4 Å². The molecule has 76 valence electrons. The zero-order chi connectivity index (χ0) is 9.97. The van der Waals surface area contributed by atoms with Crippen LogP contribution in [0, 0.1) is 5.92 Å². The number of hydrogen-bond acceptors (Lipinski definition) is 3. The number of cyclic esters (lactones) is 1. The Bertz CT molecular complexity index is 307. The summed E-state index contributed by atoms with van der Waals surface area (Å²) in [6, 6.07) is 3.64. The van der Waals surface area contributed by atoms with Crippen molar-refractivity contribution in [1.82, 2.24) is 5.32 Å². The van der Waals surface area contributed by atoms with Gasteiger partial charge in [-0.25, -0.2) is 4.79 Å². The molecule has 2 heterocycles. The maximum atomic E-state index is 11.1. The minimum Gasteiger partial charge on any atom is -0.465 e. The van der Waals surface area contributed by atoms with E-state index in [1.165, 1.54) is 0 Å². The summed E-state index contributed by atoms with van der Waals surface area (Å²) in [6.45, 7) is 2.72. The lowest BCUT2D eigenvalue weighted by molar-refractivity contribution is 0.0220. The van der Waals surface area contributed by atoms with Gasteiger partial charge in [-0.2, -0.15) is 0 Å². The number of carbonyl (C=O) groups is 1. The third-order valence-electron chi connectivity index (χ3n) is 2.52. The Balaban J connectivity index is 2.17. The molecule has 0 aromatic carbocycles. The van der Waals surface area contributed by atoms with E-state index < -0.39 is 0 Å². The van der Waals surface area contributed by atoms with Gasteiger partial charge in [0.15, 0.2) is 6.10 Å². The molecule has 4 heteroatoms. The number of alkyl carbamates (subject to hydrolysis) is 1. The lowest BCUT2D eigenvalue weighted by atomic mass is 9.96. The van der Waals surface area contributed by atoms with Crippen LogP contribution in [0.25, 0.3) is 0 Å². The number of ether oxygens (including phenoxy) is 1. The van der Waals surface area contributed by atoms with E-state index in [1.54, 1.807) is 12.3 Å². The Kier molecular flexibility index (Phi) is 2.43. The van der Waals surface area contributed by atoms with Gasteiger partial charge in [0, 0.05) is 12.5 Å².